The summed E-state index contributed by atoms with van der Waals surface area (Å²) in [5.41, 5.74) is 1.34. The first kappa shape index (κ1) is 16.7. The van der Waals surface area contributed by atoms with E-state index in [0.717, 1.165) is 32.6 Å². The smallest absolute Gasteiger partial charge is 0.132 e. The number of halogens is 3. The third-order valence-electron chi connectivity index (χ3n) is 3.63. The average Bonchev–Trinajstić information content (AvgIpc) is 2.40. The van der Waals surface area contributed by atoms with E-state index in [4.69, 9.17) is 11.6 Å². The third-order valence-corrected chi connectivity index (χ3v) is 3.96. The standard InChI is InChI=1S/C14H20ClFN2.ClH/c1-3-12(18-8-6-17-7-9-18)13-11(15)5-4-10(2)14(13)16;/h4-5,12,17H,3,6-9H2,1-2H3;1H/t12-;/m0./s1. The number of aryl methyl sites for hydroxylation is 1. The van der Waals surface area contributed by atoms with E-state index in [1.807, 2.05) is 0 Å². The molecule has 2 nitrogen and oxygen atoms in total. The maximum absolute atomic E-state index is 14.3. The van der Waals surface area contributed by atoms with Crippen LogP contribution in [0.4, 0.5) is 4.39 Å². The molecule has 0 amide bonds. The van der Waals surface area contributed by atoms with Gasteiger partial charge in [-0.05, 0) is 25.0 Å². The Balaban J connectivity index is 0.00000180. The number of rotatable bonds is 3. The maximum Gasteiger partial charge on any atom is 0.132 e. The van der Waals surface area contributed by atoms with Gasteiger partial charge in [0.15, 0.2) is 0 Å². The molecule has 1 heterocycles. The molecule has 0 radical (unpaired) electrons. The van der Waals surface area contributed by atoms with Crippen LogP contribution in [0.2, 0.25) is 5.02 Å². The number of nitrogens with zero attached hydrogens (tertiary/aromatic N) is 1. The first-order chi connectivity index (χ1) is 8.65. The van der Waals surface area contributed by atoms with Crippen molar-refractivity contribution in [1.82, 2.24) is 10.2 Å². The normalized spacial score (nSPS) is 17.9. The van der Waals surface area contributed by atoms with Crippen LogP contribution in [0.5, 0.6) is 0 Å². The van der Waals surface area contributed by atoms with Crippen molar-refractivity contribution >= 4 is 24.0 Å². The first-order valence-electron chi connectivity index (χ1n) is 6.54. The Kier molecular flexibility index (Phi) is 6.54. The molecule has 1 aliphatic rings. The number of hydrogen-bond acceptors (Lipinski definition) is 2. The zero-order valence-electron chi connectivity index (χ0n) is 11.4. The van der Waals surface area contributed by atoms with Crippen molar-refractivity contribution in [2.45, 2.75) is 26.3 Å². The fourth-order valence-electron chi connectivity index (χ4n) is 2.62. The van der Waals surface area contributed by atoms with E-state index in [0.29, 0.717) is 16.1 Å². The van der Waals surface area contributed by atoms with Gasteiger partial charge in [0, 0.05) is 42.8 Å². The number of hydrogen-bond donors (Lipinski definition) is 1. The van der Waals surface area contributed by atoms with Crippen LogP contribution in [0.3, 0.4) is 0 Å². The Morgan fingerprint density at radius 3 is 2.58 bits per heavy atom. The monoisotopic (exact) mass is 306 g/mol. The molecule has 2 rings (SSSR count). The van der Waals surface area contributed by atoms with Crippen molar-refractivity contribution in [3.05, 3.63) is 34.1 Å². The Morgan fingerprint density at radius 2 is 2.00 bits per heavy atom. The van der Waals surface area contributed by atoms with Gasteiger partial charge in [-0.1, -0.05) is 24.6 Å². The van der Waals surface area contributed by atoms with Crippen LogP contribution in [-0.4, -0.2) is 31.1 Å². The lowest BCUT2D eigenvalue weighted by Crippen LogP contribution is -2.45. The van der Waals surface area contributed by atoms with Gasteiger partial charge in [-0.15, -0.1) is 12.4 Å². The summed E-state index contributed by atoms with van der Waals surface area (Å²) in [6.45, 7) is 7.69. The van der Waals surface area contributed by atoms with E-state index in [1.165, 1.54) is 0 Å². The van der Waals surface area contributed by atoms with Crippen LogP contribution in [0.25, 0.3) is 0 Å². The highest BCUT2D eigenvalue weighted by molar-refractivity contribution is 6.31. The zero-order valence-corrected chi connectivity index (χ0v) is 13.0. The highest BCUT2D eigenvalue weighted by atomic mass is 35.5. The first-order valence-corrected chi connectivity index (χ1v) is 6.92. The van der Waals surface area contributed by atoms with E-state index in [1.54, 1.807) is 19.1 Å². The summed E-state index contributed by atoms with van der Waals surface area (Å²) in [5, 5.41) is 3.86. The van der Waals surface area contributed by atoms with Crippen molar-refractivity contribution < 1.29 is 4.39 Å². The third kappa shape index (κ3) is 3.60. The number of nitrogens with one attached hydrogen (secondary N) is 1. The molecule has 0 aliphatic carbocycles. The molecule has 0 aromatic heterocycles. The Bertz CT molecular complexity index is 420. The molecule has 0 saturated carbocycles. The highest BCUT2D eigenvalue weighted by Gasteiger charge is 2.25. The van der Waals surface area contributed by atoms with Gasteiger partial charge in [0.05, 0.1) is 0 Å². The van der Waals surface area contributed by atoms with Crippen molar-refractivity contribution in [2.75, 3.05) is 26.2 Å². The molecule has 1 fully saturated rings. The molecule has 1 saturated heterocycles. The van der Waals surface area contributed by atoms with E-state index >= 15 is 0 Å². The van der Waals surface area contributed by atoms with Crippen LogP contribution in [0.15, 0.2) is 12.1 Å². The van der Waals surface area contributed by atoms with Crippen molar-refractivity contribution in [2.24, 2.45) is 0 Å². The Labute approximate surface area is 125 Å². The minimum Gasteiger partial charge on any atom is -0.314 e. The summed E-state index contributed by atoms with van der Waals surface area (Å²) in [6, 6.07) is 3.63. The van der Waals surface area contributed by atoms with E-state index in [-0.39, 0.29) is 24.3 Å². The molecule has 1 N–H and O–H groups in total. The van der Waals surface area contributed by atoms with Gasteiger partial charge in [-0.25, -0.2) is 4.39 Å². The highest BCUT2D eigenvalue weighted by Crippen LogP contribution is 2.33. The van der Waals surface area contributed by atoms with Gasteiger partial charge in [-0.2, -0.15) is 0 Å². The minimum atomic E-state index is -0.145. The van der Waals surface area contributed by atoms with Gasteiger partial charge in [0.2, 0.25) is 0 Å². The SMILES string of the molecule is CC[C@@H](c1c(Cl)ccc(C)c1F)N1CCNCC1.Cl. The van der Waals surface area contributed by atoms with Crippen LogP contribution < -0.4 is 5.32 Å². The summed E-state index contributed by atoms with van der Waals surface area (Å²) in [6.07, 6.45) is 0.875. The second-order valence-corrected chi connectivity index (χ2v) is 5.21. The predicted octanol–water partition coefficient (Wildman–Crippen LogP) is 3.57. The topological polar surface area (TPSA) is 15.3 Å². The fourth-order valence-corrected chi connectivity index (χ4v) is 2.89. The largest absolute Gasteiger partial charge is 0.314 e. The molecule has 19 heavy (non-hydrogen) atoms. The van der Waals surface area contributed by atoms with Gasteiger partial charge < -0.3 is 5.32 Å². The number of piperazine rings is 1. The molecule has 1 aliphatic heterocycles. The van der Waals surface area contributed by atoms with Crippen LogP contribution >= 0.6 is 24.0 Å². The lowest BCUT2D eigenvalue weighted by atomic mass is 9.99. The quantitative estimate of drug-likeness (QED) is 0.918. The van der Waals surface area contributed by atoms with Crippen LogP contribution in [0, 0.1) is 12.7 Å². The molecule has 1 atom stereocenters. The molecule has 1 aromatic carbocycles. The van der Waals surface area contributed by atoms with E-state index in [2.05, 4.69) is 17.1 Å². The lowest BCUT2D eigenvalue weighted by Gasteiger charge is -2.35. The summed E-state index contributed by atoms with van der Waals surface area (Å²) >= 11 is 6.21. The van der Waals surface area contributed by atoms with E-state index < -0.39 is 0 Å². The van der Waals surface area contributed by atoms with Gasteiger partial charge >= 0.3 is 0 Å². The Hall–Kier alpha value is -0.350. The van der Waals surface area contributed by atoms with Crippen LogP contribution in [0.1, 0.15) is 30.5 Å². The Morgan fingerprint density at radius 1 is 1.37 bits per heavy atom. The molecule has 0 spiro atoms. The molecule has 0 unspecified atom stereocenters. The van der Waals surface area contributed by atoms with Gasteiger partial charge in [0.25, 0.3) is 0 Å². The molecule has 108 valence electrons. The second-order valence-electron chi connectivity index (χ2n) is 4.80. The summed E-state index contributed by atoms with van der Waals surface area (Å²) < 4.78 is 14.3. The summed E-state index contributed by atoms with van der Waals surface area (Å²) in [7, 11) is 0. The molecular weight excluding hydrogens is 286 g/mol. The number of benzene rings is 1. The molecule has 0 bridgehead atoms. The molecular formula is C14H21Cl2FN2. The second kappa shape index (κ2) is 7.44. The molecule has 5 heteroatoms. The minimum absolute atomic E-state index is 0. The summed E-state index contributed by atoms with van der Waals surface area (Å²) in [4.78, 5) is 2.32. The molecule has 1 aromatic rings. The van der Waals surface area contributed by atoms with E-state index in [9.17, 15) is 4.39 Å². The van der Waals surface area contributed by atoms with Crippen molar-refractivity contribution in [3.8, 4) is 0 Å². The van der Waals surface area contributed by atoms with Crippen LogP contribution in [-0.2, 0) is 0 Å². The zero-order chi connectivity index (χ0) is 13.1. The maximum atomic E-state index is 14.3. The van der Waals surface area contributed by atoms with Crippen molar-refractivity contribution in [1.29, 1.82) is 0 Å². The van der Waals surface area contributed by atoms with Gasteiger partial charge in [-0.3, -0.25) is 4.90 Å². The lowest BCUT2D eigenvalue weighted by molar-refractivity contribution is 0.166. The summed E-state index contributed by atoms with van der Waals surface area (Å²) in [5.74, 6) is -0.145. The van der Waals surface area contributed by atoms with Crippen molar-refractivity contribution in [3.63, 3.8) is 0 Å². The predicted molar refractivity (Wildman–Crippen MR) is 80.9 cm³/mol. The van der Waals surface area contributed by atoms with Gasteiger partial charge in [0.1, 0.15) is 5.82 Å². The average molecular weight is 307 g/mol. The fraction of sp³-hybridized carbons (Fsp3) is 0.571.